The van der Waals surface area contributed by atoms with Gasteiger partial charge in [-0.15, -0.1) is 0 Å². The highest BCUT2D eigenvalue weighted by atomic mass is 35.5. The summed E-state index contributed by atoms with van der Waals surface area (Å²) in [6.07, 6.45) is 2.97. The molecule has 4 aromatic rings. The van der Waals surface area contributed by atoms with Crippen molar-refractivity contribution in [3.63, 3.8) is 0 Å². The number of anilines is 2. The molecule has 1 aliphatic heterocycles. The smallest absolute Gasteiger partial charge is 0.264 e. The molecule has 1 amide bonds. The van der Waals surface area contributed by atoms with Gasteiger partial charge in [0, 0.05) is 6.54 Å². The van der Waals surface area contributed by atoms with E-state index in [9.17, 15) is 13.2 Å². The summed E-state index contributed by atoms with van der Waals surface area (Å²) >= 11 is 6.27. The van der Waals surface area contributed by atoms with Gasteiger partial charge in [-0.05, 0) is 55.7 Å². The van der Waals surface area contributed by atoms with Crippen molar-refractivity contribution in [2.75, 3.05) is 16.2 Å². The van der Waals surface area contributed by atoms with Gasteiger partial charge in [-0.2, -0.15) is 0 Å². The molecule has 3 heterocycles. The number of hydrogen-bond donors (Lipinski definition) is 1. The van der Waals surface area contributed by atoms with Crippen molar-refractivity contribution < 1.29 is 17.7 Å². The lowest BCUT2D eigenvalue weighted by Crippen LogP contribution is -2.35. The molecule has 0 radical (unpaired) electrons. The van der Waals surface area contributed by atoms with Crippen LogP contribution in [-0.2, 0) is 16.4 Å². The average molecular weight is 483 g/mol. The Balaban J connectivity index is 1.47. The fourth-order valence-electron chi connectivity index (χ4n) is 3.93. The summed E-state index contributed by atoms with van der Waals surface area (Å²) in [5, 5.41) is 7.37. The maximum absolute atomic E-state index is 13.5. The highest BCUT2D eigenvalue weighted by molar-refractivity contribution is 7.92. The number of sulfonamides is 1. The molecule has 0 unspecified atom stereocenters. The van der Waals surface area contributed by atoms with Crippen molar-refractivity contribution in [1.29, 1.82) is 0 Å². The van der Waals surface area contributed by atoms with Crippen molar-refractivity contribution in [2.24, 2.45) is 0 Å². The van der Waals surface area contributed by atoms with Crippen LogP contribution in [0.2, 0.25) is 5.02 Å². The van der Waals surface area contributed by atoms with Crippen LogP contribution in [0.4, 0.5) is 11.4 Å². The van der Waals surface area contributed by atoms with E-state index >= 15 is 0 Å². The molecule has 0 saturated heterocycles. The number of carbonyl (C=O) groups is 1. The molecule has 2 aromatic heterocycles. The zero-order chi connectivity index (χ0) is 23.2. The Bertz CT molecular complexity index is 1500. The number of benzene rings is 2. The minimum Gasteiger partial charge on any atom is -0.336 e. The zero-order valence-corrected chi connectivity index (χ0v) is 19.2. The number of amides is 1. The quantitative estimate of drug-likeness (QED) is 0.456. The first kappa shape index (κ1) is 21.4. The lowest BCUT2D eigenvalue weighted by Gasteiger charge is -2.30. The van der Waals surface area contributed by atoms with Gasteiger partial charge in [0.25, 0.3) is 21.6 Å². The van der Waals surface area contributed by atoms with Gasteiger partial charge < -0.3 is 9.84 Å². The van der Waals surface area contributed by atoms with E-state index in [4.69, 9.17) is 16.1 Å². The summed E-state index contributed by atoms with van der Waals surface area (Å²) in [5.41, 5.74) is 3.09. The maximum atomic E-state index is 13.5. The van der Waals surface area contributed by atoms with Gasteiger partial charge in [0.2, 0.25) is 0 Å². The summed E-state index contributed by atoms with van der Waals surface area (Å²) in [7, 11) is -3.89. The van der Waals surface area contributed by atoms with E-state index in [-0.39, 0.29) is 15.5 Å². The SMILES string of the molecule is Cc1noc2ncc(NC(=O)c3cc(S(=O)(=O)N4CCCc5ccccc54)ccc3Cl)cc12. The summed E-state index contributed by atoms with van der Waals surface area (Å²) in [6.45, 7) is 2.14. The fraction of sp³-hybridized carbons (Fsp3) is 0.174. The van der Waals surface area contributed by atoms with Gasteiger partial charge in [0.15, 0.2) is 0 Å². The molecule has 1 N–H and O–H groups in total. The highest BCUT2D eigenvalue weighted by Gasteiger charge is 2.30. The number of hydrogen-bond acceptors (Lipinski definition) is 6. The molecule has 0 fully saturated rings. The van der Waals surface area contributed by atoms with Crippen molar-refractivity contribution in [2.45, 2.75) is 24.7 Å². The number of para-hydroxylation sites is 1. The minimum absolute atomic E-state index is 0.00258. The molecule has 10 heteroatoms. The third-order valence-corrected chi connectivity index (χ3v) is 7.74. The van der Waals surface area contributed by atoms with E-state index in [1.54, 1.807) is 19.1 Å². The molecule has 168 valence electrons. The second-order valence-corrected chi connectivity index (χ2v) is 10.0. The van der Waals surface area contributed by atoms with Gasteiger partial charge in [0.05, 0.1) is 44.1 Å². The number of carbonyl (C=O) groups excluding carboxylic acids is 1. The number of halogens is 1. The molecule has 0 spiro atoms. The second kappa shape index (κ2) is 8.17. The van der Waals surface area contributed by atoms with Gasteiger partial charge in [-0.3, -0.25) is 9.10 Å². The Morgan fingerprint density at radius 2 is 2.00 bits per heavy atom. The van der Waals surface area contributed by atoms with Gasteiger partial charge in [-0.1, -0.05) is 35.0 Å². The molecule has 8 nitrogen and oxygen atoms in total. The van der Waals surface area contributed by atoms with Crippen LogP contribution in [0.3, 0.4) is 0 Å². The van der Waals surface area contributed by atoms with E-state index in [2.05, 4.69) is 15.5 Å². The molecular weight excluding hydrogens is 464 g/mol. The van der Waals surface area contributed by atoms with Crippen LogP contribution in [0.1, 0.15) is 28.0 Å². The van der Waals surface area contributed by atoms with E-state index in [1.807, 2.05) is 18.2 Å². The van der Waals surface area contributed by atoms with Crippen molar-refractivity contribution in [3.05, 3.63) is 76.6 Å². The van der Waals surface area contributed by atoms with Gasteiger partial charge in [0.1, 0.15) is 0 Å². The van der Waals surface area contributed by atoms with Crippen LogP contribution < -0.4 is 9.62 Å². The van der Waals surface area contributed by atoms with E-state index in [1.165, 1.54) is 28.7 Å². The number of nitrogens with one attached hydrogen (secondary N) is 1. The summed E-state index contributed by atoms with van der Waals surface area (Å²) in [4.78, 5) is 17.1. The molecule has 0 atom stereocenters. The molecule has 5 rings (SSSR count). The summed E-state index contributed by atoms with van der Waals surface area (Å²) in [5.74, 6) is -0.550. The third kappa shape index (κ3) is 3.83. The molecular formula is C23H19ClN4O4S. The van der Waals surface area contributed by atoms with Crippen LogP contribution in [0.5, 0.6) is 0 Å². The molecule has 1 aliphatic rings. The van der Waals surface area contributed by atoms with E-state index in [0.717, 1.165) is 18.4 Å². The Kier molecular flexibility index (Phi) is 5.30. The molecule has 2 aromatic carbocycles. The van der Waals surface area contributed by atoms with Crippen LogP contribution >= 0.6 is 11.6 Å². The Morgan fingerprint density at radius 1 is 1.18 bits per heavy atom. The molecule has 0 saturated carbocycles. The number of fused-ring (bicyclic) bond motifs is 2. The number of pyridine rings is 1. The predicted molar refractivity (Wildman–Crippen MR) is 125 cm³/mol. The number of rotatable bonds is 4. The van der Waals surface area contributed by atoms with Crippen molar-refractivity contribution in [3.8, 4) is 0 Å². The van der Waals surface area contributed by atoms with Crippen LogP contribution in [0.25, 0.3) is 11.1 Å². The fourth-order valence-corrected chi connectivity index (χ4v) is 5.70. The van der Waals surface area contributed by atoms with Gasteiger partial charge >= 0.3 is 0 Å². The van der Waals surface area contributed by atoms with Crippen molar-refractivity contribution in [1.82, 2.24) is 10.1 Å². The monoisotopic (exact) mass is 482 g/mol. The Morgan fingerprint density at radius 3 is 2.85 bits per heavy atom. The summed E-state index contributed by atoms with van der Waals surface area (Å²) < 4.78 is 33.4. The standard InChI is InChI=1S/C23H19ClN4O4S/c1-14-18-11-16(13-25-23(18)32-27-14)26-22(29)19-12-17(8-9-20(19)24)33(30,31)28-10-4-6-15-5-2-3-7-21(15)28/h2-3,5,7-9,11-13H,4,6,10H2,1H3,(H,26,29). The lowest BCUT2D eigenvalue weighted by atomic mass is 10.0. The van der Waals surface area contributed by atoms with Crippen LogP contribution in [-0.4, -0.2) is 31.0 Å². The van der Waals surface area contributed by atoms with Gasteiger partial charge in [-0.25, -0.2) is 13.4 Å². The normalized spacial score (nSPS) is 13.7. The highest BCUT2D eigenvalue weighted by Crippen LogP contribution is 2.33. The average Bonchev–Trinajstić information content (AvgIpc) is 3.18. The first-order chi connectivity index (χ1) is 15.8. The topological polar surface area (TPSA) is 105 Å². The second-order valence-electron chi connectivity index (χ2n) is 7.75. The predicted octanol–water partition coefficient (Wildman–Crippen LogP) is 4.58. The molecule has 33 heavy (non-hydrogen) atoms. The van der Waals surface area contributed by atoms with Crippen LogP contribution in [0.15, 0.2) is 64.1 Å². The van der Waals surface area contributed by atoms with Crippen molar-refractivity contribution >= 4 is 50.0 Å². The third-order valence-electron chi connectivity index (χ3n) is 5.61. The first-order valence-corrected chi connectivity index (χ1v) is 12.1. The van der Waals surface area contributed by atoms with Crippen LogP contribution in [0, 0.1) is 6.92 Å². The maximum Gasteiger partial charge on any atom is 0.264 e. The minimum atomic E-state index is -3.89. The Hall–Kier alpha value is -3.43. The summed E-state index contributed by atoms with van der Waals surface area (Å²) in [6, 6.07) is 13.3. The van der Waals surface area contributed by atoms with E-state index in [0.29, 0.717) is 34.7 Å². The number of aromatic nitrogens is 2. The first-order valence-electron chi connectivity index (χ1n) is 10.3. The molecule has 0 bridgehead atoms. The molecule has 0 aliphatic carbocycles. The number of nitrogens with zero attached hydrogens (tertiary/aromatic N) is 3. The number of aryl methyl sites for hydroxylation is 2. The Labute approximate surface area is 195 Å². The largest absolute Gasteiger partial charge is 0.336 e. The zero-order valence-electron chi connectivity index (χ0n) is 17.6. The lowest BCUT2D eigenvalue weighted by molar-refractivity contribution is 0.102. The van der Waals surface area contributed by atoms with E-state index < -0.39 is 15.9 Å².